The monoisotopic (exact) mass is 498 g/mol. The second-order valence-electron chi connectivity index (χ2n) is 9.05. The van der Waals surface area contributed by atoms with Gasteiger partial charge in [-0.15, -0.1) is 10.2 Å². The molecule has 1 aliphatic rings. The zero-order chi connectivity index (χ0) is 24.7. The molecule has 0 bridgehead atoms. The second kappa shape index (κ2) is 11.5. The van der Waals surface area contributed by atoms with Crippen LogP contribution in [-0.2, 0) is 17.9 Å². The molecule has 184 valence electrons. The number of carbonyl (C=O) groups is 1. The van der Waals surface area contributed by atoms with Gasteiger partial charge >= 0.3 is 0 Å². The van der Waals surface area contributed by atoms with Gasteiger partial charge in [-0.3, -0.25) is 19.2 Å². The molecule has 1 fully saturated rings. The van der Waals surface area contributed by atoms with Crippen molar-refractivity contribution in [3.63, 3.8) is 0 Å². The number of benzene rings is 2. The first kappa shape index (κ1) is 24.2. The molecule has 0 atom stereocenters. The highest BCUT2D eigenvalue weighted by molar-refractivity contribution is 7.99. The summed E-state index contributed by atoms with van der Waals surface area (Å²) in [7, 11) is 0. The number of nitrogens with zero attached hydrogens (tertiary/aromatic N) is 6. The average molecular weight is 499 g/mol. The fraction of sp³-hybridized carbons (Fsp3) is 0.286. The van der Waals surface area contributed by atoms with Gasteiger partial charge in [0, 0.05) is 50.7 Å². The van der Waals surface area contributed by atoms with Crippen molar-refractivity contribution in [3.8, 4) is 11.4 Å². The molecule has 1 saturated heterocycles. The summed E-state index contributed by atoms with van der Waals surface area (Å²) in [5.74, 6) is 1.28. The number of aryl methyl sites for hydroxylation is 1. The van der Waals surface area contributed by atoms with Crippen LogP contribution < -0.4 is 0 Å². The molecule has 7 nitrogen and oxygen atoms in total. The Labute approximate surface area is 216 Å². The van der Waals surface area contributed by atoms with Crippen LogP contribution in [0.25, 0.3) is 11.4 Å². The van der Waals surface area contributed by atoms with E-state index in [1.165, 1.54) is 22.9 Å². The van der Waals surface area contributed by atoms with Crippen LogP contribution in [-0.4, -0.2) is 67.4 Å². The quantitative estimate of drug-likeness (QED) is 0.340. The largest absolute Gasteiger partial charge is 0.339 e. The number of hydrogen-bond donors (Lipinski definition) is 0. The Balaban J connectivity index is 1.21. The third-order valence-electron chi connectivity index (χ3n) is 6.38. The molecule has 2 aromatic heterocycles. The smallest absolute Gasteiger partial charge is 0.233 e. The van der Waals surface area contributed by atoms with Crippen LogP contribution >= 0.6 is 11.8 Å². The Bertz CT molecular complexity index is 1290. The fourth-order valence-corrected chi connectivity index (χ4v) is 5.30. The van der Waals surface area contributed by atoms with Crippen molar-refractivity contribution in [3.05, 3.63) is 95.8 Å². The normalized spacial score (nSPS) is 14.2. The van der Waals surface area contributed by atoms with E-state index < -0.39 is 0 Å². The van der Waals surface area contributed by atoms with Crippen LogP contribution in [0.4, 0.5) is 0 Å². The van der Waals surface area contributed by atoms with Crippen molar-refractivity contribution in [2.75, 3.05) is 31.9 Å². The van der Waals surface area contributed by atoms with E-state index in [9.17, 15) is 4.79 Å². The lowest BCUT2D eigenvalue weighted by atomic mass is 10.1. The van der Waals surface area contributed by atoms with Crippen LogP contribution in [0.1, 0.15) is 16.7 Å². The van der Waals surface area contributed by atoms with Gasteiger partial charge in [-0.2, -0.15) is 0 Å². The first-order chi connectivity index (χ1) is 17.7. The minimum atomic E-state index is 0.148. The standard InChI is InChI=1S/C28H30N6OS/c1-22-6-5-9-24(18-22)19-32-14-16-33(17-15-32)26(35)21-36-28-31-30-27(25-10-12-29-13-11-25)34(28)20-23-7-3-2-4-8-23/h2-13,18H,14-17,19-21H2,1H3. The Morgan fingerprint density at radius 2 is 1.61 bits per heavy atom. The molecule has 0 saturated carbocycles. The van der Waals surface area contributed by atoms with E-state index in [1.807, 2.05) is 35.2 Å². The summed E-state index contributed by atoms with van der Waals surface area (Å²) < 4.78 is 2.09. The number of piperazine rings is 1. The van der Waals surface area contributed by atoms with Gasteiger partial charge in [-0.05, 0) is 30.2 Å². The summed E-state index contributed by atoms with van der Waals surface area (Å²) in [5, 5.41) is 9.66. The molecular formula is C28H30N6OS. The SMILES string of the molecule is Cc1cccc(CN2CCN(C(=O)CSc3nnc(-c4ccncc4)n3Cc3ccccc3)CC2)c1. The number of carbonyl (C=O) groups excluding carboxylic acids is 1. The number of thioether (sulfide) groups is 1. The summed E-state index contributed by atoms with van der Waals surface area (Å²) in [5.41, 5.74) is 4.72. The summed E-state index contributed by atoms with van der Waals surface area (Å²) >= 11 is 1.46. The zero-order valence-corrected chi connectivity index (χ0v) is 21.3. The maximum atomic E-state index is 13.0. The average Bonchev–Trinajstić information content (AvgIpc) is 3.31. The third kappa shape index (κ3) is 6.01. The van der Waals surface area contributed by atoms with Crippen molar-refractivity contribution < 1.29 is 4.79 Å². The van der Waals surface area contributed by atoms with Crippen LogP contribution in [0, 0.1) is 6.92 Å². The summed E-state index contributed by atoms with van der Waals surface area (Å²) in [6, 6.07) is 22.8. The number of pyridine rings is 1. The van der Waals surface area contributed by atoms with E-state index in [4.69, 9.17) is 0 Å². The van der Waals surface area contributed by atoms with Crippen LogP contribution in [0.2, 0.25) is 0 Å². The maximum absolute atomic E-state index is 13.0. The van der Waals surface area contributed by atoms with Crippen molar-refractivity contribution in [2.24, 2.45) is 0 Å². The maximum Gasteiger partial charge on any atom is 0.233 e. The Morgan fingerprint density at radius 3 is 2.36 bits per heavy atom. The van der Waals surface area contributed by atoms with Gasteiger partial charge in [-0.1, -0.05) is 71.9 Å². The minimum Gasteiger partial charge on any atom is -0.339 e. The number of aromatic nitrogens is 4. The van der Waals surface area contributed by atoms with Crippen LogP contribution in [0.15, 0.2) is 84.3 Å². The predicted octanol–water partition coefficient (Wildman–Crippen LogP) is 4.13. The molecule has 0 radical (unpaired) electrons. The molecule has 36 heavy (non-hydrogen) atoms. The number of hydrogen-bond acceptors (Lipinski definition) is 6. The first-order valence-electron chi connectivity index (χ1n) is 12.2. The zero-order valence-electron chi connectivity index (χ0n) is 20.5. The van der Waals surface area contributed by atoms with Gasteiger partial charge < -0.3 is 4.90 Å². The highest BCUT2D eigenvalue weighted by Gasteiger charge is 2.23. The lowest BCUT2D eigenvalue weighted by Gasteiger charge is -2.34. The summed E-state index contributed by atoms with van der Waals surface area (Å²) in [6.45, 7) is 6.98. The molecule has 1 amide bonds. The van der Waals surface area contributed by atoms with Gasteiger partial charge in [0.05, 0.1) is 12.3 Å². The fourth-order valence-electron chi connectivity index (χ4n) is 4.46. The molecule has 0 spiro atoms. The van der Waals surface area contributed by atoms with Gasteiger partial charge in [0.1, 0.15) is 0 Å². The van der Waals surface area contributed by atoms with Gasteiger partial charge in [0.15, 0.2) is 11.0 Å². The van der Waals surface area contributed by atoms with Crippen molar-refractivity contribution in [1.29, 1.82) is 0 Å². The highest BCUT2D eigenvalue weighted by Crippen LogP contribution is 2.25. The molecule has 5 rings (SSSR count). The number of amides is 1. The number of rotatable bonds is 8. The van der Waals surface area contributed by atoms with Gasteiger partial charge in [0.2, 0.25) is 5.91 Å². The van der Waals surface area contributed by atoms with E-state index in [0.717, 1.165) is 54.8 Å². The minimum absolute atomic E-state index is 0.148. The summed E-state index contributed by atoms with van der Waals surface area (Å²) in [4.78, 5) is 21.6. The molecule has 3 heterocycles. The molecule has 0 aliphatic carbocycles. The lowest BCUT2D eigenvalue weighted by Crippen LogP contribution is -2.48. The molecule has 0 unspecified atom stereocenters. The van der Waals surface area contributed by atoms with E-state index in [1.54, 1.807) is 12.4 Å². The van der Waals surface area contributed by atoms with Gasteiger partial charge in [-0.25, -0.2) is 0 Å². The third-order valence-corrected chi connectivity index (χ3v) is 7.33. The molecule has 0 N–H and O–H groups in total. The highest BCUT2D eigenvalue weighted by atomic mass is 32.2. The predicted molar refractivity (Wildman–Crippen MR) is 143 cm³/mol. The van der Waals surface area contributed by atoms with Crippen LogP contribution in [0.5, 0.6) is 0 Å². The lowest BCUT2D eigenvalue weighted by molar-refractivity contribution is -0.130. The first-order valence-corrected chi connectivity index (χ1v) is 13.2. The topological polar surface area (TPSA) is 67.2 Å². The molecule has 2 aromatic carbocycles. The molecule has 4 aromatic rings. The Kier molecular flexibility index (Phi) is 7.73. The van der Waals surface area contributed by atoms with E-state index in [2.05, 4.69) is 68.0 Å². The van der Waals surface area contributed by atoms with E-state index in [-0.39, 0.29) is 5.91 Å². The Morgan fingerprint density at radius 1 is 0.861 bits per heavy atom. The van der Waals surface area contributed by atoms with Crippen molar-refractivity contribution in [1.82, 2.24) is 29.5 Å². The molecule has 1 aliphatic heterocycles. The van der Waals surface area contributed by atoms with Gasteiger partial charge in [0.25, 0.3) is 0 Å². The molecule has 8 heteroatoms. The second-order valence-corrected chi connectivity index (χ2v) is 9.99. The Hall–Kier alpha value is -3.49. The molecular weight excluding hydrogens is 468 g/mol. The summed E-state index contributed by atoms with van der Waals surface area (Å²) in [6.07, 6.45) is 3.51. The van der Waals surface area contributed by atoms with Crippen LogP contribution in [0.3, 0.4) is 0 Å². The van der Waals surface area contributed by atoms with E-state index in [0.29, 0.717) is 12.3 Å². The van der Waals surface area contributed by atoms with Crippen molar-refractivity contribution >= 4 is 17.7 Å². The van der Waals surface area contributed by atoms with Crippen molar-refractivity contribution in [2.45, 2.75) is 25.2 Å². The van der Waals surface area contributed by atoms with E-state index >= 15 is 0 Å².